The summed E-state index contributed by atoms with van der Waals surface area (Å²) in [4.78, 5) is 9.14. The van der Waals surface area contributed by atoms with E-state index in [1.165, 1.54) is 18.4 Å². The van der Waals surface area contributed by atoms with Gasteiger partial charge in [-0.05, 0) is 44.6 Å². The molecule has 2 unspecified atom stereocenters. The van der Waals surface area contributed by atoms with Crippen LogP contribution in [0, 0.1) is 5.41 Å². The van der Waals surface area contributed by atoms with Crippen molar-refractivity contribution in [2.75, 3.05) is 61.1 Å². The second kappa shape index (κ2) is 9.93. The van der Waals surface area contributed by atoms with E-state index < -0.39 is 0 Å². The van der Waals surface area contributed by atoms with Crippen LogP contribution in [0.5, 0.6) is 5.75 Å². The molecule has 2 heterocycles. The van der Waals surface area contributed by atoms with Crippen LogP contribution in [0.3, 0.4) is 0 Å². The van der Waals surface area contributed by atoms with Gasteiger partial charge < -0.3 is 24.6 Å². The van der Waals surface area contributed by atoms with Crippen molar-refractivity contribution in [1.29, 1.82) is 0 Å². The molecule has 0 bridgehead atoms. The fourth-order valence-electron chi connectivity index (χ4n) is 4.05. The molecular weight excluding hydrogens is 455 g/mol. The van der Waals surface area contributed by atoms with Gasteiger partial charge in [0.15, 0.2) is 5.96 Å². The maximum absolute atomic E-state index is 5.65. The Bertz CT molecular complexity index is 632. The van der Waals surface area contributed by atoms with Crippen molar-refractivity contribution in [2.24, 2.45) is 10.4 Å². The average molecular weight is 488 g/mol. The molecule has 2 fully saturated rings. The van der Waals surface area contributed by atoms with Gasteiger partial charge in [-0.15, -0.1) is 24.0 Å². The van der Waals surface area contributed by atoms with Crippen molar-refractivity contribution in [2.45, 2.75) is 18.9 Å². The minimum Gasteiger partial charge on any atom is -0.497 e. The summed E-state index contributed by atoms with van der Waals surface area (Å²) in [5.41, 5.74) is 1.57. The number of guanidine groups is 1. The molecule has 27 heavy (non-hydrogen) atoms. The quantitative estimate of drug-likeness (QED) is 0.393. The van der Waals surface area contributed by atoms with Crippen molar-refractivity contribution < 1.29 is 9.47 Å². The lowest BCUT2D eigenvalue weighted by Crippen LogP contribution is -2.44. The number of likely N-dealkylation sites (tertiary alicyclic amines) is 1. The zero-order valence-corrected chi connectivity index (χ0v) is 19.2. The molecule has 0 radical (unpaired) electrons. The van der Waals surface area contributed by atoms with Crippen molar-refractivity contribution >= 4 is 29.9 Å². The Labute approximate surface area is 180 Å². The minimum atomic E-state index is 0. The van der Waals surface area contributed by atoms with Crippen LogP contribution in [-0.2, 0) is 4.74 Å². The Morgan fingerprint density at radius 2 is 2.22 bits per heavy atom. The van der Waals surface area contributed by atoms with Gasteiger partial charge >= 0.3 is 0 Å². The molecule has 152 valence electrons. The third-order valence-electron chi connectivity index (χ3n) is 5.69. The summed E-state index contributed by atoms with van der Waals surface area (Å²) < 4.78 is 11.0. The standard InChI is InChI=1S/C20H32N4O2.HI/c1-21-19(24-10-8-20(14-24)9-11-26-15-20)22-13-18(23(2)3)16-6-5-7-17(12-16)25-4;/h5-7,12,18H,8-11,13-15H2,1-4H3,(H,21,22);1H. The summed E-state index contributed by atoms with van der Waals surface area (Å²) in [5.74, 6) is 1.88. The van der Waals surface area contributed by atoms with E-state index in [1.807, 2.05) is 19.2 Å². The topological polar surface area (TPSA) is 49.3 Å². The van der Waals surface area contributed by atoms with E-state index in [1.54, 1.807) is 7.11 Å². The predicted octanol–water partition coefficient (Wildman–Crippen LogP) is 2.60. The number of hydrogen-bond donors (Lipinski definition) is 1. The Kier molecular flexibility index (Phi) is 8.18. The number of rotatable bonds is 5. The van der Waals surface area contributed by atoms with E-state index in [-0.39, 0.29) is 30.0 Å². The summed E-state index contributed by atoms with van der Waals surface area (Å²) in [6.07, 6.45) is 2.37. The van der Waals surface area contributed by atoms with Crippen LogP contribution in [0.15, 0.2) is 29.3 Å². The molecule has 0 aliphatic carbocycles. The molecule has 0 saturated carbocycles. The van der Waals surface area contributed by atoms with Crippen molar-refractivity contribution in [3.63, 3.8) is 0 Å². The average Bonchev–Trinajstić information content (AvgIpc) is 3.28. The van der Waals surface area contributed by atoms with E-state index in [0.29, 0.717) is 5.41 Å². The zero-order chi connectivity index (χ0) is 18.6. The Morgan fingerprint density at radius 1 is 1.41 bits per heavy atom. The highest BCUT2D eigenvalue weighted by Crippen LogP contribution is 2.38. The molecule has 2 atom stereocenters. The van der Waals surface area contributed by atoms with Gasteiger partial charge in [-0.2, -0.15) is 0 Å². The van der Waals surface area contributed by atoms with E-state index >= 15 is 0 Å². The van der Waals surface area contributed by atoms with Gasteiger partial charge in [0.2, 0.25) is 0 Å². The van der Waals surface area contributed by atoms with Crippen LogP contribution in [0.2, 0.25) is 0 Å². The summed E-state index contributed by atoms with van der Waals surface area (Å²) in [7, 11) is 7.79. The highest BCUT2D eigenvalue weighted by Gasteiger charge is 2.42. The number of ether oxygens (including phenoxy) is 2. The van der Waals surface area contributed by atoms with Gasteiger partial charge in [0.1, 0.15) is 5.75 Å². The second-order valence-electron chi connectivity index (χ2n) is 7.66. The maximum atomic E-state index is 5.65. The number of hydrogen-bond acceptors (Lipinski definition) is 4. The molecule has 1 aromatic rings. The number of methoxy groups -OCH3 is 1. The van der Waals surface area contributed by atoms with Crippen LogP contribution in [0.4, 0.5) is 0 Å². The molecule has 6 nitrogen and oxygen atoms in total. The number of likely N-dealkylation sites (N-methyl/N-ethyl adjacent to an activating group) is 1. The SMILES string of the molecule is CN=C(NCC(c1cccc(OC)c1)N(C)C)N1CCC2(CCOC2)C1.I. The first kappa shape index (κ1) is 22.2. The summed E-state index contributed by atoms with van der Waals surface area (Å²) in [5, 5.41) is 3.59. The normalized spacial score (nSPS) is 23.6. The van der Waals surface area contributed by atoms with E-state index in [0.717, 1.165) is 44.6 Å². The summed E-state index contributed by atoms with van der Waals surface area (Å²) in [6.45, 7) is 4.68. The van der Waals surface area contributed by atoms with Crippen LogP contribution < -0.4 is 10.1 Å². The maximum Gasteiger partial charge on any atom is 0.193 e. The molecule has 2 saturated heterocycles. The molecule has 3 rings (SSSR count). The molecule has 0 amide bonds. The van der Waals surface area contributed by atoms with E-state index in [4.69, 9.17) is 9.47 Å². The Hall–Kier alpha value is -1.06. The zero-order valence-electron chi connectivity index (χ0n) is 16.9. The van der Waals surface area contributed by atoms with Crippen LogP contribution in [0.25, 0.3) is 0 Å². The molecule has 0 aromatic heterocycles. The van der Waals surface area contributed by atoms with Crippen molar-refractivity contribution in [3.05, 3.63) is 29.8 Å². The molecular formula is C20H33IN4O2. The van der Waals surface area contributed by atoms with Gasteiger partial charge in [0, 0.05) is 38.7 Å². The predicted molar refractivity (Wildman–Crippen MR) is 120 cm³/mol. The largest absolute Gasteiger partial charge is 0.497 e. The Balaban J connectivity index is 0.00000261. The third kappa shape index (κ3) is 5.26. The fourth-order valence-corrected chi connectivity index (χ4v) is 4.05. The first-order valence-corrected chi connectivity index (χ1v) is 9.41. The number of aliphatic imine (C=N–C) groups is 1. The number of nitrogens with one attached hydrogen (secondary N) is 1. The molecule has 2 aliphatic heterocycles. The third-order valence-corrected chi connectivity index (χ3v) is 5.69. The summed E-state index contributed by atoms with van der Waals surface area (Å²) >= 11 is 0. The highest BCUT2D eigenvalue weighted by atomic mass is 127. The minimum absolute atomic E-state index is 0. The lowest BCUT2D eigenvalue weighted by molar-refractivity contribution is 0.156. The van der Waals surface area contributed by atoms with Crippen molar-refractivity contribution in [1.82, 2.24) is 15.1 Å². The van der Waals surface area contributed by atoms with Gasteiger partial charge in [-0.25, -0.2) is 0 Å². The Morgan fingerprint density at radius 3 is 2.85 bits per heavy atom. The molecule has 7 heteroatoms. The highest BCUT2D eigenvalue weighted by molar-refractivity contribution is 14.0. The van der Waals surface area contributed by atoms with Crippen LogP contribution in [0.1, 0.15) is 24.4 Å². The van der Waals surface area contributed by atoms with Crippen LogP contribution >= 0.6 is 24.0 Å². The van der Waals surface area contributed by atoms with Gasteiger partial charge in [0.25, 0.3) is 0 Å². The molecule has 2 aliphatic rings. The lowest BCUT2D eigenvalue weighted by atomic mass is 9.87. The number of nitrogens with zero attached hydrogens (tertiary/aromatic N) is 3. The first-order valence-electron chi connectivity index (χ1n) is 9.41. The van der Waals surface area contributed by atoms with Gasteiger partial charge in [-0.1, -0.05) is 12.1 Å². The second-order valence-corrected chi connectivity index (χ2v) is 7.66. The summed E-state index contributed by atoms with van der Waals surface area (Å²) in [6, 6.07) is 8.53. The lowest BCUT2D eigenvalue weighted by Gasteiger charge is -2.29. The van der Waals surface area contributed by atoms with E-state index in [2.05, 4.69) is 46.3 Å². The van der Waals surface area contributed by atoms with E-state index in [9.17, 15) is 0 Å². The van der Waals surface area contributed by atoms with Crippen LogP contribution in [-0.4, -0.2) is 76.9 Å². The molecule has 1 spiro atoms. The fraction of sp³-hybridized carbons (Fsp3) is 0.650. The van der Waals surface area contributed by atoms with Gasteiger partial charge in [-0.3, -0.25) is 4.99 Å². The molecule has 1 aromatic carbocycles. The molecule has 1 N–H and O–H groups in total. The van der Waals surface area contributed by atoms with Gasteiger partial charge in [0.05, 0.1) is 19.8 Å². The van der Waals surface area contributed by atoms with Crippen molar-refractivity contribution in [3.8, 4) is 5.75 Å². The number of halogens is 1. The monoisotopic (exact) mass is 488 g/mol. The smallest absolute Gasteiger partial charge is 0.193 e. The first-order chi connectivity index (χ1) is 12.6. The number of benzene rings is 1.